The lowest BCUT2D eigenvalue weighted by molar-refractivity contribution is -0.122. The summed E-state index contributed by atoms with van der Waals surface area (Å²) in [7, 11) is -11.0. The maximum Gasteiger partial charge on any atom is 0.369 e. The van der Waals surface area contributed by atoms with Crippen LogP contribution < -0.4 is 11.1 Å². The van der Waals surface area contributed by atoms with Crippen molar-refractivity contribution in [3.63, 3.8) is 0 Å². The number of nitrogens with one attached hydrogen (secondary N) is 1. The molecule has 0 aromatic heterocycles. The van der Waals surface area contributed by atoms with Gasteiger partial charge in [0.2, 0.25) is 5.91 Å². The summed E-state index contributed by atoms with van der Waals surface area (Å²) < 4.78 is 22.5. The largest absolute Gasteiger partial charge is 0.369 e. The van der Waals surface area contributed by atoms with E-state index in [4.69, 9.17) is 48.5 Å². The minimum atomic E-state index is -5.49. The molecule has 0 heterocycles. The zero-order chi connectivity index (χ0) is 22.7. The first-order chi connectivity index (χ1) is 13.3. The van der Waals surface area contributed by atoms with E-state index in [1.807, 2.05) is 0 Å². The number of rotatable bonds is 16. The van der Waals surface area contributed by atoms with Crippen molar-refractivity contribution in [1.29, 1.82) is 0 Å². The first kappa shape index (κ1) is 29.2. The lowest BCUT2D eigenvalue weighted by Crippen LogP contribution is -2.41. The molecule has 0 saturated carbocycles. The average molecular weight is 502 g/mol. The lowest BCUT2D eigenvalue weighted by atomic mass is 10.1. The topological polar surface area (TPSA) is 194 Å². The van der Waals surface area contributed by atoms with E-state index in [0.717, 1.165) is 26.1 Å². The molecule has 1 amide bonds. The number of nitrogens with two attached hydrogens (primary N) is 1. The summed E-state index contributed by atoms with van der Waals surface area (Å²) in [5, 5.41) is 8.68. The predicted molar refractivity (Wildman–Crippen MR) is 111 cm³/mol. The maximum atomic E-state index is 11.9. The number of halogens is 2. The summed E-state index contributed by atoms with van der Waals surface area (Å²) >= 11 is 11.4. The van der Waals surface area contributed by atoms with Crippen LogP contribution in [0.2, 0.25) is 0 Å². The van der Waals surface area contributed by atoms with E-state index in [-0.39, 0.29) is 13.0 Å². The normalized spacial score (nSPS) is 14.2. The molecule has 0 fully saturated rings. The Kier molecular flexibility index (Phi) is 13.7. The van der Waals surface area contributed by atoms with Crippen molar-refractivity contribution in [3.05, 3.63) is 0 Å². The number of alkyl halides is 2. The van der Waals surface area contributed by atoms with E-state index in [1.54, 1.807) is 0 Å². The minimum Gasteiger partial charge on any atom is -0.368 e. The average Bonchev–Trinajstić information content (AvgIpc) is 2.60. The van der Waals surface area contributed by atoms with Crippen LogP contribution in [0.15, 0.2) is 0 Å². The molecule has 0 aromatic rings. The van der Waals surface area contributed by atoms with E-state index >= 15 is 0 Å². The highest BCUT2D eigenvalue weighted by Crippen LogP contribution is 2.69. The van der Waals surface area contributed by atoms with E-state index in [2.05, 4.69) is 10.2 Å². The summed E-state index contributed by atoms with van der Waals surface area (Å²) in [6.07, 6.45) is 0.736. The smallest absolute Gasteiger partial charge is 0.368 e. The molecule has 8 N–H and O–H groups in total. The van der Waals surface area contributed by atoms with Crippen LogP contribution in [0.5, 0.6) is 0 Å². The monoisotopic (exact) mass is 501 g/mol. The summed E-state index contributed by atoms with van der Waals surface area (Å²) in [6, 6.07) is -0.799. The Labute approximate surface area is 180 Å². The number of unbranched alkanes of at least 4 members (excludes halogenated alkanes) is 1. The minimum absolute atomic E-state index is 0.159. The number of amides is 1. The predicted octanol–water partition coefficient (Wildman–Crippen LogP) is 0.162. The number of carbonyl (C=O) groups excluding carboxylic acids is 1. The second kappa shape index (κ2) is 13.6. The molecule has 11 nitrogen and oxygen atoms in total. The molecule has 29 heavy (non-hydrogen) atoms. The standard InChI is InChI=1S/C14H31Cl2N3O8P2/c15-6-10-19(11-7-16)9-2-1-4-12(17)13(20)18-8-3-5-14(21,28(22,23)24)29(25,26)27/h12,21H,1-11,17H2,(H,18,20)(H2,22,23,24)(H2,25,26,27). The van der Waals surface area contributed by atoms with Gasteiger partial charge in [0.25, 0.3) is 5.08 Å². The fourth-order valence-corrected chi connectivity index (χ4v) is 5.27. The molecule has 0 spiro atoms. The van der Waals surface area contributed by atoms with Crippen LogP contribution in [0.4, 0.5) is 0 Å². The van der Waals surface area contributed by atoms with Crippen molar-refractivity contribution in [2.75, 3.05) is 37.9 Å². The number of carbonyl (C=O) groups is 1. The molecule has 174 valence electrons. The fraction of sp³-hybridized carbons (Fsp3) is 0.929. The van der Waals surface area contributed by atoms with Crippen LogP contribution in [0.1, 0.15) is 32.1 Å². The van der Waals surface area contributed by atoms with Gasteiger partial charge in [-0.1, -0.05) is 6.42 Å². The van der Waals surface area contributed by atoms with Crippen molar-refractivity contribution in [2.45, 2.75) is 43.2 Å². The number of nitrogens with zero attached hydrogens (tertiary/aromatic N) is 1. The molecule has 0 aliphatic carbocycles. The van der Waals surface area contributed by atoms with Gasteiger partial charge in [-0.2, -0.15) is 0 Å². The fourth-order valence-electron chi connectivity index (χ4n) is 2.53. The van der Waals surface area contributed by atoms with Crippen molar-refractivity contribution < 1.29 is 38.6 Å². The van der Waals surface area contributed by atoms with Gasteiger partial charge >= 0.3 is 15.2 Å². The molecule has 0 radical (unpaired) electrons. The van der Waals surface area contributed by atoms with Gasteiger partial charge in [-0.25, -0.2) is 0 Å². The van der Waals surface area contributed by atoms with Crippen LogP contribution >= 0.6 is 38.4 Å². The second-order valence-corrected chi connectivity index (χ2v) is 11.3. The molecule has 0 aromatic carbocycles. The molecular formula is C14H31Cl2N3O8P2. The molecule has 0 rings (SSSR count). The zero-order valence-corrected chi connectivity index (χ0v) is 19.3. The Hall–Kier alpha value is 0.230. The highest BCUT2D eigenvalue weighted by molar-refractivity contribution is 7.72. The molecule has 0 bridgehead atoms. The Morgan fingerprint density at radius 1 is 1.00 bits per heavy atom. The Bertz CT molecular complexity index is 561. The van der Waals surface area contributed by atoms with Crippen LogP contribution in [0.3, 0.4) is 0 Å². The SMILES string of the molecule is NC(CCCCN(CCCl)CCCl)C(=O)NCCCC(O)(P(=O)(O)O)P(=O)(O)O. The first-order valence-electron chi connectivity index (χ1n) is 9.01. The van der Waals surface area contributed by atoms with Gasteiger partial charge < -0.3 is 40.6 Å². The van der Waals surface area contributed by atoms with Crippen molar-refractivity contribution >= 4 is 44.3 Å². The highest BCUT2D eigenvalue weighted by Gasteiger charge is 2.58. The molecule has 0 saturated heterocycles. The Morgan fingerprint density at radius 2 is 1.52 bits per heavy atom. The van der Waals surface area contributed by atoms with Crippen LogP contribution in [0.25, 0.3) is 0 Å². The summed E-state index contributed by atoms with van der Waals surface area (Å²) in [6.45, 7) is 2.05. The summed E-state index contributed by atoms with van der Waals surface area (Å²) in [5.41, 5.74) is 5.79. The maximum absolute atomic E-state index is 11.9. The van der Waals surface area contributed by atoms with Crippen molar-refractivity contribution in [2.24, 2.45) is 5.73 Å². The second-order valence-electron chi connectivity index (χ2n) is 6.58. The third-order valence-electron chi connectivity index (χ3n) is 4.30. The number of aliphatic hydroxyl groups is 1. The highest BCUT2D eigenvalue weighted by atomic mass is 35.5. The first-order valence-corrected chi connectivity index (χ1v) is 13.3. The van der Waals surface area contributed by atoms with Crippen LogP contribution in [-0.2, 0) is 13.9 Å². The van der Waals surface area contributed by atoms with Gasteiger partial charge in [-0.3, -0.25) is 13.9 Å². The quantitative estimate of drug-likeness (QED) is 0.0869. The number of hydrogen-bond acceptors (Lipinski definition) is 6. The molecule has 15 heteroatoms. The van der Waals surface area contributed by atoms with Gasteiger partial charge in [0.1, 0.15) is 0 Å². The van der Waals surface area contributed by atoms with Crippen molar-refractivity contribution in [1.82, 2.24) is 10.2 Å². The molecule has 1 atom stereocenters. The third kappa shape index (κ3) is 10.4. The van der Waals surface area contributed by atoms with Crippen LogP contribution in [-0.4, -0.2) is 84.6 Å². The summed E-state index contributed by atoms with van der Waals surface area (Å²) in [4.78, 5) is 50.2. The van der Waals surface area contributed by atoms with E-state index in [1.165, 1.54) is 0 Å². The number of hydrogen-bond donors (Lipinski definition) is 7. The van der Waals surface area contributed by atoms with Crippen molar-refractivity contribution in [3.8, 4) is 0 Å². The third-order valence-corrected chi connectivity index (χ3v) is 8.51. The van der Waals surface area contributed by atoms with Gasteiger partial charge in [0, 0.05) is 37.8 Å². The van der Waals surface area contributed by atoms with Gasteiger partial charge in [0.15, 0.2) is 0 Å². The zero-order valence-electron chi connectivity index (χ0n) is 16.0. The summed E-state index contributed by atoms with van der Waals surface area (Å²) in [5.74, 6) is 0.495. The van der Waals surface area contributed by atoms with Crippen LogP contribution in [0, 0.1) is 0 Å². The molecule has 0 aliphatic heterocycles. The lowest BCUT2D eigenvalue weighted by Gasteiger charge is -2.29. The van der Waals surface area contributed by atoms with Gasteiger partial charge in [-0.15, -0.1) is 23.2 Å². The Balaban J connectivity index is 4.28. The molecule has 0 aliphatic rings. The Morgan fingerprint density at radius 3 is 1.97 bits per heavy atom. The van der Waals surface area contributed by atoms with E-state index < -0.39 is 38.6 Å². The molecular weight excluding hydrogens is 471 g/mol. The van der Waals surface area contributed by atoms with Gasteiger partial charge in [-0.05, 0) is 25.8 Å². The van der Waals surface area contributed by atoms with Gasteiger partial charge in [0.05, 0.1) is 6.04 Å². The van der Waals surface area contributed by atoms with E-state index in [0.29, 0.717) is 24.6 Å². The molecule has 1 unspecified atom stereocenters. The van der Waals surface area contributed by atoms with E-state index in [9.17, 15) is 19.0 Å².